The first-order chi connectivity index (χ1) is 13.1. The van der Waals surface area contributed by atoms with Crippen molar-refractivity contribution in [2.45, 2.75) is 11.5 Å². The van der Waals surface area contributed by atoms with Crippen LogP contribution in [-0.4, -0.2) is 30.1 Å². The van der Waals surface area contributed by atoms with E-state index in [9.17, 15) is 9.59 Å². The van der Waals surface area contributed by atoms with E-state index in [4.69, 9.17) is 21.1 Å². The van der Waals surface area contributed by atoms with Gasteiger partial charge in [-0.15, -0.1) is 11.8 Å². The number of carbonyl (C=O) groups is 2. The van der Waals surface area contributed by atoms with Crippen LogP contribution >= 0.6 is 23.4 Å². The zero-order valence-corrected chi connectivity index (χ0v) is 16.0. The van der Waals surface area contributed by atoms with Gasteiger partial charge in [-0.05, 0) is 36.6 Å². The number of hydrogen-bond donors (Lipinski definition) is 0. The fourth-order valence-corrected chi connectivity index (χ4v) is 3.08. The van der Waals surface area contributed by atoms with E-state index >= 15 is 0 Å². The summed E-state index contributed by atoms with van der Waals surface area (Å²) in [4.78, 5) is 28.4. The second kappa shape index (κ2) is 8.88. The second-order valence-electron chi connectivity index (χ2n) is 5.60. The lowest BCUT2D eigenvalue weighted by atomic mass is 10.2. The van der Waals surface area contributed by atoms with Gasteiger partial charge in [-0.1, -0.05) is 29.8 Å². The van der Waals surface area contributed by atoms with Gasteiger partial charge in [-0.25, -0.2) is 9.78 Å². The van der Waals surface area contributed by atoms with Gasteiger partial charge in [0.05, 0.1) is 11.1 Å². The lowest BCUT2D eigenvalue weighted by Gasteiger charge is -2.10. The molecule has 2 aromatic carbocycles. The Morgan fingerprint density at radius 3 is 2.81 bits per heavy atom. The zero-order chi connectivity index (χ0) is 19.2. The molecule has 0 unspecified atom stereocenters. The third-order valence-corrected chi connectivity index (χ3v) is 4.88. The highest BCUT2D eigenvalue weighted by Crippen LogP contribution is 2.25. The fraction of sp³-hybridized carbons (Fsp3) is 0.150. The highest BCUT2D eigenvalue weighted by Gasteiger charge is 2.11. The molecule has 7 heteroatoms. The summed E-state index contributed by atoms with van der Waals surface area (Å²) >= 11 is 7.84. The first-order valence-corrected chi connectivity index (χ1v) is 9.67. The maximum Gasteiger partial charge on any atom is 0.344 e. The molecule has 3 aromatic rings. The zero-order valence-electron chi connectivity index (χ0n) is 14.5. The number of pyridine rings is 1. The Hall–Kier alpha value is -2.57. The molecule has 27 heavy (non-hydrogen) atoms. The Labute approximate surface area is 165 Å². The van der Waals surface area contributed by atoms with Crippen molar-refractivity contribution in [3.63, 3.8) is 0 Å². The molecule has 1 heterocycles. The summed E-state index contributed by atoms with van der Waals surface area (Å²) in [5, 5.41) is 1.21. The average molecular weight is 402 g/mol. The smallest absolute Gasteiger partial charge is 0.344 e. The lowest BCUT2D eigenvalue weighted by Crippen LogP contribution is -2.15. The number of thioether (sulfide) groups is 1. The van der Waals surface area contributed by atoms with E-state index in [1.807, 2.05) is 30.5 Å². The molecule has 0 amide bonds. The highest BCUT2D eigenvalue weighted by atomic mass is 35.5. The SMILES string of the molecule is CSc1ccc2cc(COC(=O)COc3ccccc3C=O)c(Cl)nc2c1. The number of aldehydes is 1. The van der Waals surface area contributed by atoms with Crippen molar-refractivity contribution in [2.75, 3.05) is 12.9 Å². The number of ether oxygens (including phenoxy) is 2. The van der Waals surface area contributed by atoms with Gasteiger partial charge in [0.2, 0.25) is 0 Å². The Morgan fingerprint density at radius 2 is 2.04 bits per heavy atom. The number of benzene rings is 2. The Kier molecular flexibility index (Phi) is 6.32. The number of nitrogens with zero attached hydrogens (tertiary/aromatic N) is 1. The van der Waals surface area contributed by atoms with Crippen molar-refractivity contribution >= 4 is 46.5 Å². The molecule has 0 radical (unpaired) electrons. The Bertz CT molecular complexity index is 993. The second-order valence-corrected chi connectivity index (χ2v) is 6.84. The van der Waals surface area contributed by atoms with Gasteiger partial charge in [-0.3, -0.25) is 4.79 Å². The number of halogens is 1. The summed E-state index contributed by atoms with van der Waals surface area (Å²) < 4.78 is 10.6. The third kappa shape index (κ3) is 4.78. The van der Waals surface area contributed by atoms with Crippen molar-refractivity contribution in [1.82, 2.24) is 4.98 Å². The lowest BCUT2D eigenvalue weighted by molar-refractivity contribution is -0.147. The molecule has 138 valence electrons. The minimum Gasteiger partial charge on any atom is -0.481 e. The van der Waals surface area contributed by atoms with Crippen LogP contribution in [0.3, 0.4) is 0 Å². The van der Waals surface area contributed by atoms with Crippen molar-refractivity contribution in [3.8, 4) is 5.75 Å². The van der Waals surface area contributed by atoms with Crippen LogP contribution in [0.2, 0.25) is 5.15 Å². The third-order valence-electron chi connectivity index (χ3n) is 3.83. The van der Waals surface area contributed by atoms with Gasteiger partial charge >= 0.3 is 5.97 Å². The quantitative estimate of drug-likeness (QED) is 0.250. The van der Waals surface area contributed by atoms with Crippen LogP contribution in [0, 0.1) is 0 Å². The van der Waals surface area contributed by atoms with E-state index < -0.39 is 5.97 Å². The first-order valence-electron chi connectivity index (χ1n) is 8.06. The molecule has 3 rings (SSSR count). The van der Waals surface area contributed by atoms with Crippen molar-refractivity contribution in [1.29, 1.82) is 0 Å². The van der Waals surface area contributed by atoms with E-state index in [2.05, 4.69) is 4.98 Å². The summed E-state index contributed by atoms with van der Waals surface area (Å²) in [6, 6.07) is 14.4. The summed E-state index contributed by atoms with van der Waals surface area (Å²) in [7, 11) is 0. The molecule has 0 fully saturated rings. The number of hydrogen-bond acceptors (Lipinski definition) is 6. The topological polar surface area (TPSA) is 65.5 Å². The van der Waals surface area contributed by atoms with Crippen LogP contribution in [-0.2, 0) is 16.1 Å². The molecule has 0 aliphatic carbocycles. The minimum absolute atomic E-state index is 0.0103. The van der Waals surface area contributed by atoms with Crippen molar-refractivity contribution in [3.05, 3.63) is 64.8 Å². The molecular weight excluding hydrogens is 386 g/mol. The molecule has 0 atom stereocenters. The molecule has 0 spiro atoms. The fourth-order valence-electron chi connectivity index (χ4n) is 2.44. The number of fused-ring (bicyclic) bond motifs is 1. The summed E-state index contributed by atoms with van der Waals surface area (Å²) in [6.45, 7) is -0.315. The number of para-hydroxylation sites is 1. The standard InChI is InChI=1S/C20H16ClNO4S/c1-27-16-7-6-13-8-15(20(21)22-17(13)9-16)11-26-19(24)12-25-18-5-3-2-4-14(18)10-23/h2-10H,11-12H2,1H3. The minimum atomic E-state index is -0.565. The van der Waals surface area contributed by atoms with Crippen LogP contribution in [0.5, 0.6) is 5.75 Å². The van der Waals surface area contributed by atoms with Gasteiger partial charge in [-0.2, -0.15) is 0 Å². The van der Waals surface area contributed by atoms with E-state index in [0.29, 0.717) is 28.3 Å². The molecule has 5 nitrogen and oxygen atoms in total. The van der Waals surface area contributed by atoms with Crippen LogP contribution < -0.4 is 4.74 Å². The number of carbonyl (C=O) groups excluding carboxylic acids is 2. The van der Waals surface area contributed by atoms with E-state index in [-0.39, 0.29) is 13.2 Å². The molecule has 0 aliphatic rings. The number of rotatable bonds is 7. The number of aromatic nitrogens is 1. The summed E-state index contributed by atoms with van der Waals surface area (Å²) in [5.74, 6) is -0.232. The van der Waals surface area contributed by atoms with Crippen LogP contribution in [0.1, 0.15) is 15.9 Å². The monoisotopic (exact) mass is 401 g/mol. The normalized spacial score (nSPS) is 10.6. The summed E-state index contributed by atoms with van der Waals surface area (Å²) in [6.07, 6.45) is 2.66. The molecule has 1 aromatic heterocycles. The van der Waals surface area contributed by atoms with E-state index in [1.54, 1.807) is 36.0 Å². The van der Waals surface area contributed by atoms with Gasteiger partial charge < -0.3 is 9.47 Å². The molecule has 0 N–H and O–H groups in total. The molecule has 0 saturated heterocycles. The molecule has 0 bridgehead atoms. The first kappa shape index (κ1) is 19.2. The largest absolute Gasteiger partial charge is 0.481 e. The van der Waals surface area contributed by atoms with Crippen molar-refractivity contribution < 1.29 is 19.1 Å². The van der Waals surface area contributed by atoms with Crippen molar-refractivity contribution in [2.24, 2.45) is 0 Å². The average Bonchev–Trinajstić information content (AvgIpc) is 2.70. The maximum atomic E-state index is 11.9. The highest BCUT2D eigenvalue weighted by molar-refractivity contribution is 7.98. The van der Waals surface area contributed by atoms with Gasteiger partial charge in [0.25, 0.3) is 0 Å². The van der Waals surface area contributed by atoms with Gasteiger partial charge in [0.1, 0.15) is 17.5 Å². The molecule has 0 saturated carbocycles. The Balaban J connectivity index is 1.63. The Morgan fingerprint density at radius 1 is 1.22 bits per heavy atom. The summed E-state index contributed by atoms with van der Waals surface area (Å²) in [5.41, 5.74) is 1.77. The van der Waals surface area contributed by atoms with Gasteiger partial charge in [0.15, 0.2) is 12.9 Å². The van der Waals surface area contributed by atoms with Crippen LogP contribution in [0.25, 0.3) is 10.9 Å². The molecular formula is C20H16ClNO4S. The maximum absolute atomic E-state index is 11.9. The van der Waals surface area contributed by atoms with E-state index in [1.165, 1.54) is 0 Å². The van der Waals surface area contributed by atoms with Crippen LogP contribution in [0.4, 0.5) is 0 Å². The predicted octanol–water partition coefficient (Wildman–Crippen LogP) is 4.54. The van der Waals surface area contributed by atoms with Crippen LogP contribution in [0.15, 0.2) is 53.4 Å². The van der Waals surface area contributed by atoms with Gasteiger partial charge in [0, 0.05) is 15.8 Å². The number of esters is 1. The molecule has 0 aliphatic heterocycles. The predicted molar refractivity (Wildman–Crippen MR) is 106 cm³/mol. The van der Waals surface area contributed by atoms with E-state index in [0.717, 1.165) is 15.8 Å².